The fraction of sp³-hybridized carbons (Fsp3) is 0.125. The minimum atomic E-state index is -0.520. The van der Waals surface area contributed by atoms with Crippen LogP contribution in [-0.2, 0) is 0 Å². The Morgan fingerprint density at radius 2 is 2.05 bits per heavy atom. The van der Waals surface area contributed by atoms with Gasteiger partial charge in [-0.1, -0.05) is 0 Å². The number of phenolic OH excluding ortho intramolecular Hbond substituents is 1. The van der Waals surface area contributed by atoms with Crippen LogP contribution in [0.25, 0.3) is 22.6 Å². The van der Waals surface area contributed by atoms with Crippen LogP contribution in [0.4, 0.5) is 4.39 Å². The zero-order valence-corrected chi connectivity index (χ0v) is 12.1. The van der Waals surface area contributed by atoms with Crippen molar-refractivity contribution in [3.8, 4) is 34.1 Å². The molecule has 0 amide bonds. The van der Waals surface area contributed by atoms with E-state index in [9.17, 15) is 9.50 Å². The van der Waals surface area contributed by atoms with Gasteiger partial charge in [-0.25, -0.2) is 9.97 Å². The lowest BCUT2D eigenvalue weighted by Crippen LogP contribution is -1.91. The van der Waals surface area contributed by atoms with Gasteiger partial charge in [0, 0.05) is 29.6 Å². The van der Waals surface area contributed by atoms with E-state index in [0.29, 0.717) is 17.3 Å². The molecule has 6 heteroatoms. The predicted molar refractivity (Wildman–Crippen MR) is 80.2 cm³/mol. The molecule has 5 nitrogen and oxygen atoms in total. The topological polar surface area (TPSA) is 71.0 Å². The normalized spacial score (nSPS) is 10.7. The van der Waals surface area contributed by atoms with Gasteiger partial charge in [0.2, 0.25) is 5.95 Å². The maximum atomic E-state index is 13.1. The summed E-state index contributed by atoms with van der Waals surface area (Å²) in [7, 11) is 1.53. The second kappa shape index (κ2) is 5.48. The van der Waals surface area contributed by atoms with Crippen molar-refractivity contribution < 1.29 is 14.2 Å². The highest BCUT2D eigenvalue weighted by atomic mass is 19.1. The summed E-state index contributed by atoms with van der Waals surface area (Å²) in [5.41, 5.74) is 2.88. The monoisotopic (exact) mass is 299 g/mol. The van der Waals surface area contributed by atoms with Crippen LogP contribution in [0.2, 0.25) is 0 Å². The molecule has 0 atom stereocenters. The van der Waals surface area contributed by atoms with Gasteiger partial charge in [0.15, 0.2) is 0 Å². The van der Waals surface area contributed by atoms with E-state index in [1.165, 1.54) is 25.4 Å². The second-order valence-corrected chi connectivity index (χ2v) is 4.84. The minimum absolute atomic E-state index is 0.120. The van der Waals surface area contributed by atoms with Gasteiger partial charge in [-0.05, 0) is 30.7 Å². The van der Waals surface area contributed by atoms with Crippen molar-refractivity contribution in [2.24, 2.45) is 0 Å². The molecular weight excluding hydrogens is 285 g/mol. The number of hydrogen-bond donors (Lipinski definition) is 2. The summed E-state index contributed by atoms with van der Waals surface area (Å²) in [6.07, 6.45) is 3.17. The van der Waals surface area contributed by atoms with Crippen LogP contribution < -0.4 is 4.74 Å². The molecule has 2 aromatic heterocycles. The largest absolute Gasteiger partial charge is 0.508 e. The Kier molecular flexibility index (Phi) is 3.50. The van der Waals surface area contributed by atoms with E-state index in [0.717, 1.165) is 16.7 Å². The summed E-state index contributed by atoms with van der Waals surface area (Å²) in [5, 5.41) is 9.51. The van der Waals surface area contributed by atoms with Gasteiger partial charge in [0.05, 0.1) is 12.8 Å². The average Bonchev–Trinajstić information content (AvgIpc) is 2.96. The second-order valence-electron chi connectivity index (χ2n) is 4.84. The first-order valence-corrected chi connectivity index (χ1v) is 6.64. The number of H-pyrrole nitrogens is 1. The smallest absolute Gasteiger partial charge is 0.213 e. The van der Waals surface area contributed by atoms with E-state index in [4.69, 9.17) is 4.74 Å². The van der Waals surface area contributed by atoms with Crippen molar-refractivity contribution in [1.82, 2.24) is 15.0 Å². The molecule has 0 fully saturated rings. The highest BCUT2D eigenvalue weighted by molar-refractivity contribution is 5.71. The SMILES string of the molecule is COc1cc(O)ccc1-c1c[nH]c(-c2cnc(F)cc2C)n1. The molecule has 0 aliphatic carbocycles. The van der Waals surface area contributed by atoms with E-state index in [2.05, 4.69) is 15.0 Å². The number of ether oxygens (including phenoxy) is 1. The number of benzene rings is 1. The zero-order valence-electron chi connectivity index (χ0n) is 12.1. The van der Waals surface area contributed by atoms with Crippen LogP contribution in [0.15, 0.2) is 36.7 Å². The number of methoxy groups -OCH3 is 1. The van der Waals surface area contributed by atoms with Gasteiger partial charge in [0.1, 0.15) is 17.3 Å². The molecule has 0 saturated carbocycles. The van der Waals surface area contributed by atoms with Crippen molar-refractivity contribution in [3.63, 3.8) is 0 Å². The first-order chi connectivity index (χ1) is 10.6. The van der Waals surface area contributed by atoms with E-state index in [1.807, 2.05) is 0 Å². The number of phenols is 1. The lowest BCUT2D eigenvalue weighted by Gasteiger charge is -2.06. The Hall–Kier alpha value is -2.89. The fourth-order valence-corrected chi connectivity index (χ4v) is 2.26. The summed E-state index contributed by atoms with van der Waals surface area (Å²) < 4.78 is 18.3. The molecule has 1 aromatic carbocycles. The Labute approximate surface area is 126 Å². The average molecular weight is 299 g/mol. The molecule has 3 rings (SSSR count). The third-order valence-corrected chi connectivity index (χ3v) is 3.37. The third kappa shape index (κ3) is 2.50. The summed E-state index contributed by atoms with van der Waals surface area (Å²) in [5.74, 6) is 0.713. The number of nitrogens with one attached hydrogen (secondary N) is 1. The lowest BCUT2D eigenvalue weighted by molar-refractivity contribution is 0.409. The van der Waals surface area contributed by atoms with Crippen LogP contribution in [-0.4, -0.2) is 27.2 Å². The Balaban J connectivity index is 2.04. The summed E-state index contributed by atoms with van der Waals surface area (Å²) in [6, 6.07) is 6.17. The molecule has 2 N–H and O–H groups in total. The van der Waals surface area contributed by atoms with Gasteiger partial charge in [-0.3, -0.25) is 0 Å². The first kappa shape index (κ1) is 14.1. The van der Waals surface area contributed by atoms with E-state index < -0.39 is 5.95 Å². The van der Waals surface area contributed by atoms with Crippen molar-refractivity contribution in [2.45, 2.75) is 6.92 Å². The highest BCUT2D eigenvalue weighted by Crippen LogP contribution is 2.33. The molecule has 2 heterocycles. The summed E-state index contributed by atoms with van der Waals surface area (Å²) >= 11 is 0. The van der Waals surface area contributed by atoms with Crippen molar-refractivity contribution in [3.05, 3.63) is 48.2 Å². The predicted octanol–water partition coefficient (Wildman–Crippen LogP) is 3.30. The van der Waals surface area contributed by atoms with Crippen LogP contribution in [0.3, 0.4) is 0 Å². The number of hydrogen-bond acceptors (Lipinski definition) is 4. The van der Waals surface area contributed by atoms with Crippen LogP contribution in [0, 0.1) is 12.9 Å². The number of aromatic amines is 1. The maximum Gasteiger partial charge on any atom is 0.213 e. The molecule has 0 spiro atoms. The lowest BCUT2D eigenvalue weighted by atomic mass is 10.1. The van der Waals surface area contributed by atoms with E-state index in [-0.39, 0.29) is 5.75 Å². The molecule has 0 unspecified atom stereocenters. The standard InChI is InChI=1S/C16H14FN3O2/c1-9-5-15(17)18-7-12(9)16-19-8-13(20-16)11-4-3-10(21)6-14(11)22-2/h3-8,21H,1-2H3,(H,19,20). The summed E-state index contributed by atoms with van der Waals surface area (Å²) in [6.45, 7) is 1.80. The van der Waals surface area contributed by atoms with E-state index in [1.54, 1.807) is 25.3 Å². The van der Waals surface area contributed by atoms with Crippen molar-refractivity contribution in [2.75, 3.05) is 7.11 Å². The van der Waals surface area contributed by atoms with Gasteiger partial charge in [-0.15, -0.1) is 0 Å². The molecule has 0 radical (unpaired) electrons. The molecule has 0 bridgehead atoms. The zero-order chi connectivity index (χ0) is 15.7. The third-order valence-electron chi connectivity index (χ3n) is 3.37. The Morgan fingerprint density at radius 3 is 2.77 bits per heavy atom. The van der Waals surface area contributed by atoms with Crippen LogP contribution >= 0.6 is 0 Å². The molecule has 0 aliphatic rings. The van der Waals surface area contributed by atoms with Gasteiger partial charge >= 0.3 is 0 Å². The van der Waals surface area contributed by atoms with Crippen LogP contribution in [0.5, 0.6) is 11.5 Å². The van der Waals surface area contributed by atoms with Gasteiger partial charge in [0.25, 0.3) is 0 Å². The number of halogens is 1. The van der Waals surface area contributed by atoms with Gasteiger partial charge < -0.3 is 14.8 Å². The molecule has 0 aliphatic heterocycles. The number of pyridine rings is 1. The fourth-order valence-electron chi connectivity index (χ4n) is 2.26. The van der Waals surface area contributed by atoms with Gasteiger partial charge in [-0.2, -0.15) is 4.39 Å². The Morgan fingerprint density at radius 1 is 1.23 bits per heavy atom. The number of aryl methyl sites for hydroxylation is 1. The molecule has 3 aromatic rings. The quantitative estimate of drug-likeness (QED) is 0.728. The number of imidazole rings is 1. The molecule has 112 valence electrons. The maximum absolute atomic E-state index is 13.1. The number of nitrogens with zero attached hydrogens (tertiary/aromatic N) is 2. The molecule has 22 heavy (non-hydrogen) atoms. The number of rotatable bonds is 3. The number of aromatic nitrogens is 3. The van der Waals surface area contributed by atoms with E-state index >= 15 is 0 Å². The van der Waals surface area contributed by atoms with Crippen LogP contribution in [0.1, 0.15) is 5.56 Å². The first-order valence-electron chi connectivity index (χ1n) is 6.64. The summed E-state index contributed by atoms with van der Waals surface area (Å²) in [4.78, 5) is 11.2. The minimum Gasteiger partial charge on any atom is -0.508 e. The Bertz CT molecular complexity index is 830. The molecule has 0 saturated heterocycles. The highest BCUT2D eigenvalue weighted by Gasteiger charge is 2.13. The molecular formula is C16H14FN3O2. The van der Waals surface area contributed by atoms with Crippen molar-refractivity contribution >= 4 is 0 Å². The van der Waals surface area contributed by atoms with Crippen molar-refractivity contribution in [1.29, 1.82) is 0 Å². The number of aromatic hydroxyl groups is 1.